The van der Waals surface area contributed by atoms with E-state index in [0.717, 1.165) is 16.9 Å². The molecule has 0 saturated heterocycles. The molecule has 1 aromatic carbocycles. The molecular weight excluding hydrogens is 426 g/mol. The van der Waals surface area contributed by atoms with Crippen LogP contribution in [0.4, 0.5) is 5.69 Å². The summed E-state index contributed by atoms with van der Waals surface area (Å²) in [6, 6.07) is 7.14. The normalized spacial score (nSPS) is 10.9. The van der Waals surface area contributed by atoms with E-state index in [4.69, 9.17) is 25.1 Å². The lowest BCUT2D eigenvalue weighted by molar-refractivity contribution is -0.122. The average molecular weight is 458 g/mol. The van der Waals surface area contributed by atoms with E-state index in [-0.39, 0.29) is 41.8 Å². The van der Waals surface area contributed by atoms with Crippen LogP contribution < -0.4 is 10.5 Å². The lowest BCUT2D eigenvalue weighted by atomic mass is 9.99. The number of aromatic hydroxyl groups is 1. The number of carboxylic acid groups (broad SMARTS) is 1. The van der Waals surface area contributed by atoms with Crippen LogP contribution in [0.25, 0.3) is 10.4 Å². The third-order valence-electron chi connectivity index (χ3n) is 3.22. The number of nitrogen functional groups attached to an aromatic ring is 1. The summed E-state index contributed by atoms with van der Waals surface area (Å²) in [5, 5.41) is 17.6. The van der Waals surface area contributed by atoms with Gasteiger partial charge in [-0.2, -0.15) is 13.5 Å². The fourth-order valence-corrected chi connectivity index (χ4v) is 3.18. The summed E-state index contributed by atoms with van der Waals surface area (Å²) >= 11 is 1.14. The van der Waals surface area contributed by atoms with Crippen molar-refractivity contribution >= 4 is 43.0 Å². The van der Waals surface area contributed by atoms with Gasteiger partial charge in [0.05, 0.1) is 11.5 Å². The summed E-state index contributed by atoms with van der Waals surface area (Å²) < 4.78 is 11.3. The topological polar surface area (TPSA) is 119 Å². The van der Waals surface area contributed by atoms with Crippen molar-refractivity contribution in [2.24, 2.45) is 5.41 Å². The Morgan fingerprint density at radius 3 is 2.23 bits per heavy atom. The van der Waals surface area contributed by atoms with Crippen molar-refractivity contribution in [2.75, 3.05) is 12.3 Å². The highest BCUT2D eigenvalue weighted by atomic mass is 32.1. The van der Waals surface area contributed by atoms with Crippen LogP contribution in [0.2, 0.25) is 0 Å². The second-order valence-electron chi connectivity index (χ2n) is 8.52. The fraction of sp³-hybridized carbons (Fsp3) is 0.429. The Kier molecular flexibility index (Phi) is 10.2. The molecular formula is C21H31NO6S2. The molecule has 9 heteroatoms. The maximum atomic E-state index is 12.6. The third kappa shape index (κ3) is 8.54. The SMILES string of the molecule is CC(C)(C)COc1c(C(=O)OC(C)(C)C)sc(-c2cccc(N)c2)c1O.O=CO.S. The lowest BCUT2D eigenvalue weighted by Gasteiger charge is -2.21. The number of hydrogen-bond donors (Lipinski definition) is 3. The van der Waals surface area contributed by atoms with Crippen molar-refractivity contribution in [3.8, 4) is 21.9 Å². The van der Waals surface area contributed by atoms with Crippen LogP contribution in [-0.2, 0) is 9.53 Å². The summed E-state index contributed by atoms with van der Waals surface area (Å²) in [6.07, 6.45) is 0. The zero-order valence-electron chi connectivity index (χ0n) is 18.1. The van der Waals surface area contributed by atoms with Gasteiger partial charge in [-0.3, -0.25) is 4.79 Å². The molecule has 1 heterocycles. The van der Waals surface area contributed by atoms with E-state index in [1.807, 2.05) is 26.8 Å². The third-order valence-corrected chi connectivity index (χ3v) is 4.41. The van der Waals surface area contributed by atoms with E-state index in [2.05, 4.69) is 0 Å². The summed E-state index contributed by atoms with van der Waals surface area (Å²) in [6.45, 7) is 11.5. The number of rotatable bonds is 4. The standard InChI is InChI=1S/C20H27NO4S.CH2O2.H2S/c1-19(2,3)11-24-15-14(22)16(12-8-7-9-13(21)10-12)26-17(15)18(23)25-20(4,5)6;2-1-3;/h7-10,22H,11,21H2,1-6H3;1H,(H,2,3);1H2. The van der Waals surface area contributed by atoms with E-state index in [1.54, 1.807) is 39.0 Å². The van der Waals surface area contributed by atoms with Gasteiger partial charge in [0.15, 0.2) is 16.4 Å². The molecule has 0 bridgehead atoms. The van der Waals surface area contributed by atoms with Gasteiger partial charge in [-0.05, 0) is 43.9 Å². The molecule has 2 rings (SSSR count). The molecule has 0 amide bonds. The van der Waals surface area contributed by atoms with E-state index in [0.29, 0.717) is 17.2 Å². The molecule has 0 atom stereocenters. The minimum absolute atomic E-state index is 0. The molecule has 168 valence electrons. The minimum Gasteiger partial charge on any atom is -0.503 e. The summed E-state index contributed by atoms with van der Waals surface area (Å²) in [7, 11) is 0. The fourth-order valence-electron chi connectivity index (χ4n) is 2.16. The average Bonchev–Trinajstić information content (AvgIpc) is 2.88. The van der Waals surface area contributed by atoms with Crippen LogP contribution >= 0.6 is 24.8 Å². The molecule has 0 aliphatic carbocycles. The first-order chi connectivity index (χ1) is 13.3. The predicted octanol–water partition coefficient (Wildman–Crippen LogP) is 4.90. The Bertz CT molecular complexity index is 850. The number of benzene rings is 1. The monoisotopic (exact) mass is 457 g/mol. The number of carbonyl (C=O) groups excluding carboxylic acids is 1. The lowest BCUT2D eigenvalue weighted by Crippen LogP contribution is -2.24. The van der Waals surface area contributed by atoms with Gasteiger partial charge in [-0.1, -0.05) is 32.9 Å². The summed E-state index contributed by atoms with van der Waals surface area (Å²) in [5.74, 6) is -0.417. The maximum absolute atomic E-state index is 12.6. The molecule has 0 radical (unpaired) electrons. The van der Waals surface area contributed by atoms with Crippen LogP contribution in [-0.4, -0.2) is 34.9 Å². The van der Waals surface area contributed by atoms with Crippen LogP contribution in [0, 0.1) is 5.41 Å². The molecule has 7 nitrogen and oxygen atoms in total. The van der Waals surface area contributed by atoms with Gasteiger partial charge in [0, 0.05) is 5.69 Å². The zero-order chi connectivity index (χ0) is 22.4. The second-order valence-corrected chi connectivity index (χ2v) is 9.54. The molecule has 0 unspecified atom stereocenters. The number of carbonyl (C=O) groups is 2. The highest BCUT2D eigenvalue weighted by molar-refractivity contribution is 7.59. The molecule has 1 aromatic heterocycles. The van der Waals surface area contributed by atoms with Crippen molar-refractivity contribution < 1.29 is 29.3 Å². The zero-order valence-corrected chi connectivity index (χ0v) is 19.9. The highest BCUT2D eigenvalue weighted by Gasteiger charge is 2.29. The Hall–Kier alpha value is -2.39. The van der Waals surface area contributed by atoms with Crippen molar-refractivity contribution in [1.29, 1.82) is 0 Å². The molecule has 0 aliphatic heterocycles. The highest BCUT2D eigenvalue weighted by Crippen LogP contribution is 2.48. The van der Waals surface area contributed by atoms with Crippen LogP contribution in [0.3, 0.4) is 0 Å². The van der Waals surface area contributed by atoms with Gasteiger partial charge in [-0.15, -0.1) is 11.3 Å². The molecule has 0 spiro atoms. The Morgan fingerprint density at radius 2 is 1.77 bits per heavy atom. The quantitative estimate of drug-likeness (QED) is 0.339. The first-order valence-corrected chi connectivity index (χ1v) is 9.76. The second kappa shape index (κ2) is 11.1. The largest absolute Gasteiger partial charge is 0.503 e. The van der Waals surface area contributed by atoms with Crippen molar-refractivity contribution in [3.05, 3.63) is 29.1 Å². The number of hydrogen-bond acceptors (Lipinski definition) is 7. The van der Waals surface area contributed by atoms with Gasteiger partial charge in [0.25, 0.3) is 6.47 Å². The molecule has 0 aliphatic rings. The minimum atomic E-state index is -0.644. The molecule has 30 heavy (non-hydrogen) atoms. The van der Waals surface area contributed by atoms with E-state index >= 15 is 0 Å². The number of ether oxygens (including phenoxy) is 2. The van der Waals surface area contributed by atoms with Gasteiger partial charge in [0.2, 0.25) is 0 Å². The Balaban J connectivity index is 0.00000198. The maximum Gasteiger partial charge on any atom is 0.352 e. The van der Waals surface area contributed by atoms with Gasteiger partial charge in [0.1, 0.15) is 5.60 Å². The van der Waals surface area contributed by atoms with E-state index in [1.165, 1.54) is 0 Å². The van der Waals surface area contributed by atoms with Crippen LogP contribution in [0.5, 0.6) is 11.5 Å². The first kappa shape index (κ1) is 27.6. The number of thiophene rings is 1. The van der Waals surface area contributed by atoms with Crippen LogP contribution in [0.1, 0.15) is 51.2 Å². The Morgan fingerprint density at radius 1 is 1.20 bits per heavy atom. The molecule has 0 fully saturated rings. The molecule has 2 aromatic rings. The summed E-state index contributed by atoms with van der Waals surface area (Å²) in [4.78, 5) is 21.8. The summed E-state index contributed by atoms with van der Waals surface area (Å²) in [5.41, 5.74) is 6.38. The van der Waals surface area contributed by atoms with Crippen molar-refractivity contribution in [2.45, 2.75) is 47.1 Å². The van der Waals surface area contributed by atoms with Gasteiger partial charge < -0.3 is 25.4 Å². The predicted molar refractivity (Wildman–Crippen MR) is 125 cm³/mol. The van der Waals surface area contributed by atoms with E-state index < -0.39 is 11.6 Å². The smallest absolute Gasteiger partial charge is 0.352 e. The number of anilines is 1. The molecule has 4 N–H and O–H groups in total. The number of esters is 1. The Labute approximate surface area is 188 Å². The van der Waals surface area contributed by atoms with Gasteiger partial charge >= 0.3 is 5.97 Å². The van der Waals surface area contributed by atoms with Crippen LogP contribution in [0.15, 0.2) is 24.3 Å². The first-order valence-electron chi connectivity index (χ1n) is 8.94. The van der Waals surface area contributed by atoms with Crippen molar-refractivity contribution in [1.82, 2.24) is 0 Å². The van der Waals surface area contributed by atoms with E-state index in [9.17, 15) is 9.90 Å². The molecule has 0 saturated carbocycles. The van der Waals surface area contributed by atoms with Gasteiger partial charge in [-0.25, -0.2) is 4.79 Å². The number of nitrogens with two attached hydrogens (primary N) is 1. The van der Waals surface area contributed by atoms with Crippen molar-refractivity contribution in [3.63, 3.8) is 0 Å².